The number of hydrogen-bond donors (Lipinski definition) is 0. The van der Waals surface area contributed by atoms with Crippen molar-refractivity contribution in [2.24, 2.45) is 0 Å². The highest BCUT2D eigenvalue weighted by atomic mass is 35.5. The summed E-state index contributed by atoms with van der Waals surface area (Å²) in [4.78, 5) is 4.25. The number of rotatable bonds is 4. The molecular formula is C19H13ClN6O2. The van der Waals surface area contributed by atoms with Crippen LogP contribution in [0.4, 0.5) is 0 Å². The maximum atomic E-state index is 5.98. The van der Waals surface area contributed by atoms with Crippen LogP contribution in [-0.2, 0) is 6.61 Å². The van der Waals surface area contributed by atoms with Crippen LogP contribution in [0, 0.1) is 6.92 Å². The van der Waals surface area contributed by atoms with Crippen molar-refractivity contribution in [3.05, 3.63) is 65.1 Å². The average molecular weight is 393 g/mol. The molecule has 4 heterocycles. The number of nitrogens with zero attached hydrogens (tertiary/aromatic N) is 6. The molecule has 4 aromatic heterocycles. The Balaban J connectivity index is 1.64. The fourth-order valence-corrected chi connectivity index (χ4v) is 3.14. The van der Waals surface area contributed by atoms with Gasteiger partial charge >= 0.3 is 0 Å². The number of pyridine rings is 1. The first-order chi connectivity index (χ1) is 13.7. The van der Waals surface area contributed by atoms with Crippen LogP contribution >= 0.6 is 11.6 Å². The Hall–Kier alpha value is -3.52. The van der Waals surface area contributed by atoms with Gasteiger partial charge in [-0.15, -0.1) is 15.3 Å². The quantitative estimate of drug-likeness (QED) is 0.429. The fraction of sp³-hybridized carbons (Fsp3) is 0.105. The lowest BCUT2D eigenvalue weighted by Gasteiger charge is -2.09. The third-order valence-corrected chi connectivity index (χ3v) is 4.43. The summed E-state index contributed by atoms with van der Waals surface area (Å²) in [6.07, 6.45) is 0. The van der Waals surface area contributed by atoms with Crippen molar-refractivity contribution in [2.75, 3.05) is 0 Å². The predicted octanol–water partition coefficient (Wildman–Crippen LogP) is 3.87. The fourth-order valence-electron chi connectivity index (χ4n) is 2.96. The maximum absolute atomic E-state index is 5.98. The van der Waals surface area contributed by atoms with Gasteiger partial charge < -0.3 is 9.26 Å². The van der Waals surface area contributed by atoms with Crippen molar-refractivity contribution in [2.45, 2.75) is 13.5 Å². The minimum Gasteiger partial charge on any atom is -0.470 e. The minimum absolute atomic E-state index is 0.226. The zero-order valence-corrected chi connectivity index (χ0v) is 15.5. The molecule has 8 nitrogen and oxygen atoms in total. The Morgan fingerprint density at radius 2 is 1.93 bits per heavy atom. The smallest absolute Gasteiger partial charge is 0.240 e. The van der Waals surface area contributed by atoms with Crippen molar-refractivity contribution < 1.29 is 9.26 Å². The molecule has 0 bridgehead atoms. The minimum atomic E-state index is 0.226. The number of benzene rings is 1. The topological polar surface area (TPSA) is 91.2 Å². The first-order valence-electron chi connectivity index (χ1n) is 8.51. The summed E-state index contributed by atoms with van der Waals surface area (Å²) in [7, 11) is 0. The molecule has 0 aliphatic rings. The summed E-state index contributed by atoms with van der Waals surface area (Å²) in [5, 5.41) is 19.3. The lowest BCUT2D eigenvalue weighted by atomic mass is 10.2. The Labute approximate surface area is 163 Å². The van der Waals surface area contributed by atoms with Crippen LogP contribution in [0.2, 0.25) is 5.15 Å². The zero-order chi connectivity index (χ0) is 19.1. The van der Waals surface area contributed by atoms with E-state index in [1.807, 2.05) is 43.3 Å². The molecular weight excluding hydrogens is 380 g/mol. The number of aromatic nitrogens is 6. The van der Waals surface area contributed by atoms with Crippen molar-refractivity contribution in [1.29, 1.82) is 0 Å². The molecule has 0 saturated heterocycles. The van der Waals surface area contributed by atoms with E-state index < -0.39 is 0 Å². The van der Waals surface area contributed by atoms with E-state index in [1.54, 1.807) is 16.6 Å². The first kappa shape index (κ1) is 16.6. The molecule has 0 unspecified atom stereocenters. The lowest BCUT2D eigenvalue weighted by molar-refractivity contribution is 0.289. The highest BCUT2D eigenvalue weighted by Gasteiger charge is 2.18. The molecule has 0 N–H and O–H groups in total. The molecule has 0 fully saturated rings. The molecule has 0 saturated carbocycles. The van der Waals surface area contributed by atoms with Crippen LogP contribution in [0.15, 0.2) is 53.1 Å². The molecule has 0 spiro atoms. The van der Waals surface area contributed by atoms with Crippen molar-refractivity contribution in [3.63, 3.8) is 0 Å². The molecule has 0 radical (unpaired) electrons. The molecule has 0 atom stereocenters. The second kappa shape index (κ2) is 6.58. The van der Waals surface area contributed by atoms with Gasteiger partial charge in [-0.2, -0.15) is 4.52 Å². The largest absolute Gasteiger partial charge is 0.470 e. The Morgan fingerprint density at radius 1 is 1.07 bits per heavy atom. The van der Waals surface area contributed by atoms with Gasteiger partial charge in [-0.05, 0) is 25.1 Å². The molecule has 0 aliphatic carbocycles. The van der Waals surface area contributed by atoms with Crippen molar-refractivity contribution in [3.8, 4) is 17.4 Å². The summed E-state index contributed by atoms with van der Waals surface area (Å²) >= 11 is 5.96. The number of fused-ring (bicyclic) bond motifs is 3. The summed E-state index contributed by atoms with van der Waals surface area (Å²) in [6.45, 7) is 2.04. The van der Waals surface area contributed by atoms with E-state index in [9.17, 15) is 0 Å². The summed E-state index contributed by atoms with van der Waals surface area (Å²) < 4.78 is 12.8. The Bertz CT molecular complexity index is 1310. The van der Waals surface area contributed by atoms with Crippen LogP contribution in [0.5, 0.6) is 5.88 Å². The molecule has 5 aromatic rings. The van der Waals surface area contributed by atoms with E-state index in [2.05, 4.69) is 25.4 Å². The highest BCUT2D eigenvalue weighted by Crippen LogP contribution is 2.29. The van der Waals surface area contributed by atoms with Gasteiger partial charge in [-0.1, -0.05) is 41.0 Å². The summed E-state index contributed by atoms with van der Waals surface area (Å²) in [6, 6.07) is 14.9. The van der Waals surface area contributed by atoms with Crippen molar-refractivity contribution in [1.82, 2.24) is 30.0 Å². The highest BCUT2D eigenvalue weighted by molar-refractivity contribution is 6.29. The third-order valence-electron chi connectivity index (χ3n) is 4.22. The predicted molar refractivity (Wildman–Crippen MR) is 102 cm³/mol. The third kappa shape index (κ3) is 2.84. The van der Waals surface area contributed by atoms with Gasteiger partial charge in [0.15, 0.2) is 11.3 Å². The number of hydrogen-bond acceptors (Lipinski definition) is 7. The van der Waals surface area contributed by atoms with Crippen LogP contribution in [0.25, 0.3) is 27.9 Å². The van der Waals surface area contributed by atoms with Crippen LogP contribution in [0.3, 0.4) is 0 Å². The summed E-state index contributed by atoms with van der Waals surface area (Å²) in [5.41, 5.74) is 1.87. The van der Waals surface area contributed by atoms with E-state index >= 15 is 0 Å². The normalized spacial score (nSPS) is 11.4. The second-order valence-electron chi connectivity index (χ2n) is 6.17. The molecule has 0 amide bonds. The second-order valence-corrected chi connectivity index (χ2v) is 6.56. The van der Waals surface area contributed by atoms with Crippen LogP contribution in [-0.4, -0.2) is 30.0 Å². The molecule has 138 valence electrons. The average Bonchev–Trinajstić information content (AvgIpc) is 3.32. The molecule has 1 aromatic carbocycles. The number of ether oxygens (including phenoxy) is 1. The van der Waals surface area contributed by atoms with Gasteiger partial charge in [0.2, 0.25) is 11.7 Å². The Kier molecular flexibility index (Phi) is 3.91. The van der Waals surface area contributed by atoms with E-state index in [1.165, 1.54) is 0 Å². The number of halogens is 1. The zero-order valence-electron chi connectivity index (χ0n) is 14.7. The number of aryl methyl sites for hydroxylation is 1. The maximum Gasteiger partial charge on any atom is 0.240 e. The van der Waals surface area contributed by atoms with Gasteiger partial charge in [0.25, 0.3) is 0 Å². The van der Waals surface area contributed by atoms with Gasteiger partial charge in [0.05, 0.1) is 5.69 Å². The van der Waals surface area contributed by atoms with Gasteiger partial charge in [-0.25, -0.2) is 4.98 Å². The van der Waals surface area contributed by atoms with Gasteiger partial charge in [0, 0.05) is 16.8 Å². The Morgan fingerprint density at radius 3 is 2.71 bits per heavy atom. The van der Waals surface area contributed by atoms with E-state index in [0.717, 1.165) is 10.8 Å². The van der Waals surface area contributed by atoms with Crippen molar-refractivity contribution >= 4 is 28.0 Å². The molecule has 0 aliphatic heterocycles. The van der Waals surface area contributed by atoms with E-state index in [0.29, 0.717) is 39.7 Å². The van der Waals surface area contributed by atoms with Crippen LogP contribution < -0.4 is 4.74 Å². The SMILES string of the molecule is Cc1cc(-c2nnc3c4ccccc4c(OCc4cccc(Cl)n4)nn23)no1. The molecule has 28 heavy (non-hydrogen) atoms. The van der Waals surface area contributed by atoms with Crippen LogP contribution in [0.1, 0.15) is 11.5 Å². The molecule has 9 heteroatoms. The lowest BCUT2D eigenvalue weighted by Crippen LogP contribution is -2.04. The molecule has 5 rings (SSSR count). The standard InChI is InChI=1S/C19H13ClN6O2/c1-11-9-15(25-28-11)18-23-22-17-13-6-2-3-7-14(13)19(24-26(17)18)27-10-12-5-4-8-16(20)21-12/h2-9H,10H2,1H3. The van der Waals surface area contributed by atoms with Gasteiger partial charge in [-0.3, -0.25) is 0 Å². The van der Waals surface area contributed by atoms with Gasteiger partial charge in [0.1, 0.15) is 17.5 Å². The monoisotopic (exact) mass is 392 g/mol. The van der Waals surface area contributed by atoms with E-state index in [4.69, 9.17) is 20.9 Å². The first-order valence-corrected chi connectivity index (χ1v) is 8.89. The summed E-state index contributed by atoms with van der Waals surface area (Å²) in [5.74, 6) is 1.59. The van der Waals surface area contributed by atoms with E-state index in [-0.39, 0.29) is 6.61 Å².